The molecule has 0 atom stereocenters. The molecule has 0 fully saturated rings. The SMILES string of the molecule is CC(=O)c1ccc(-n2ncc3cc(-c4ccccc4)ccc3c2=O)cc1. The van der Waals surface area contributed by atoms with E-state index in [2.05, 4.69) is 5.10 Å². The van der Waals surface area contributed by atoms with Crippen molar-refractivity contribution in [2.24, 2.45) is 0 Å². The van der Waals surface area contributed by atoms with Gasteiger partial charge >= 0.3 is 0 Å². The molecule has 4 rings (SSSR count). The number of hydrogen-bond donors (Lipinski definition) is 0. The lowest BCUT2D eigenvalue weighted by atomic mass is 10.0. The van der Waals surface area contributed by atoms with E-state index in [4.69, 9.17) is 0 Å². The van der Waals surface area contributed by atoms with E-state index in [0.29, 0.717) is 16.6 Å². The first-order valence-electron chi connectivity index (χ1n) is 8.32. The smallest absolute Gasteiger partial charge is 0.279 e. The average molecular weight is 340 g/mol. The van der Waals surface area contributed by atoms with Crippen molar-refractivity contribution < 1.29 is 4.79 Å². The van der Waals surface area contributed by atoms with Gasteiger partial charge in [0.25, 0.3) is 5.56 Å². The number of Topliss-reactive ketones (excluding diaryl/α,β-unsaturated/α-hetero) is 1. The van der Waals surface area contributed by atoms with Gasteiger partial charge in [-0.15, -0.1) is 0 Å². The lowest BCUT2D eigenvalue weighted by Gasteiger charge is -2.08. The predicted octanol–water partition coefficient (Wildman–Crippen LogP) is 4.26. The number of ketones is 1. The summed E-state index contributed by atoms with van der Waals surface area (Å²) in [5.41, 5.74) is 3.20. The van der Waals surface area contributed by atoms with Crippen molar-refractivity contribution in [1.82, 2.24) is 9.78 Å². The molecule has 4 nitrogen and oxygen atoms in total. The van der Waals surface area contributed by atoms with Gasteiger partial charge in [0.1, 0.15) is 0 Å². The van der Waals surface area contributed by atoms with Crippen molar-refractivity contribution in [2.45, 2.75) is 6.92 Å². The summed E-state index contributed by atoms with van der Waals surface area (Å²) in [6.07, 6.45) is 1.70. The van der Waals surface area contributed by atoms with Crippen LogP contribution in [0.5, 0.6) is 0 Å². The predicted molar refractivity (Wildman–Crippen MR) is 103 cm³/mol. The molecule has 0 spiro atoms. The Kier molecular flexibility index (Phi) is 3.93. The number of carbonyl (C=O) groups is 1. The van der Waals surface area contributed by atoms with Gasteiger partial charge in [-0.25, -0.2) is 0 Å². The van der Waals surface area contributed by atoms with E-state index >= 15 is 0 Å². The normalized spacial score (nSPS) is 10.8. The number of rotatable bonds is 3. The lowest BCUT2D eigenvalue weighted by Crippen LogP contribution is -2.20. The zero-order chi connectivity index (χ0) is 18.1. The van der Waals surface area contributed by atoms with Gasteiger partial charge in [0.05, 0.1) is 17.3 Å². The number of nitrogens with zero attached hydrogens (tertiary/aromatic N) is 2. The third-order valence-electron chi connectivity index (χ3n) is 4.41. The van der Waals surface area contributed by atoms with Crippen LogP contribution in [0.3, 0.4) is 0 Å². The van der Waals surface area contributed by atoms with Gasteiger partial charge in [0.2, 0.25) is 0 Å². The maximum absolute atomic E-state index is 12.8. The molecule has 126 valence electrons. The van der Waals surface area contributed by atoms with Crippen LogP contribution in [0.25, 0.3) is 27.6 Å². The van der Waals surface area contributed by atoms with E-state index in [0.717, 1.165) is 16.5 Å². The number of hydrogen-bond acceptors (Lipinski definition) is 3. The van der Waals surface area contributed by atoms with Crippen LogP contribution in [-0.4, -0.2) is 15.6 Å². The van der Waals surface area contributed by atoms with Crippen molar-refractivity contribution >= 4 is 16.6 Å². The average Bonchev–Trinajstić information content (AvgIpc) is 2.69. The first kappa shape index (κ1) is 16.0. The molecule has 0 aliphatic carbocycles. The molecule has 0 radical (unpaired) electrons. The second kappa shape index (κ2) is 6.41. The summed E-state index contributed by atoms with van der Waals surface area (Å²) in [6, 6.07) is 22.6. The third-order valence-corrected chi connectivity index (χ3v) is 4.41. The van der Waals surface area contributed by atoms with E-state index in [9.17, 15) is 9.59 Å². The summed E-state index contributed by atoms with van der Waals surface area (Å²) in [6.45, 7) is 1.51. The highest BCUT2D eigenvalue weighted by Gasteiger charge is 2.08. The van der Waals surface area contributed by atoms with E-state index < -0.39 is 0 Å². The van der Waals surface area contributed by atoms with Crippen LogP contribution in [0.15, 0.2) is 83.8 Å². The Labute approximate surface area is 150 Å². The summed E-state index contributed by atoms with van der Waals surface area (Å²) in [4.78, 5) is 24.2. The molecular formula is C22H16N2O2. The number of aromatic nitrogens is 2. The zero-order valence-electron chi connectivity index (χ0n) is 14.2. The third kappa shape index (κ3) is 2.82. The van der Waals surface area contributed by atoms with E-state index in [1.807, 2.05) is 48.5 Å². The topological polar surface area (TPSA) is 52.0 Å². The monoisotopic (exact) mass is 340 g/mol. The number of fused-ring (bicyclic) bond motifs is 1. The Morgan fingerprint density at radius 1 is 0.885 bits per heavy atom. The van der Waals surface area contributed by atoms with Crippen molar-refractivity contribution in [3.63, 3.8) is 0 Å². The quantitative estimate of drug-likeness (QED) is 0.524. The summed E-state index contributed by atoms with van der Waals surface area (Å²) >= 11 is 0. The highest BCUT2D eigenvalue weighted by molar-refractivity contribution is 5.94. The minimum atomic E-state index is -0.183. The van der Waals surface area contributed by atoms with Gasteiger partial charge in [-0.1, -0.05) is 36.4 Å². The maximum Gasteiger partial charge on any atom is 0.279 e. The van der Waals surface area contributed by atoms with E-state index in [1.54, 1.807) is 30.5 Å². The fourth-order valence-corrected chi connectivity index (χ4v) is 2.98. The lowest BCUT2D eigenvalue weighted by molar-refractivity contribution is 0.101. The van der Waals surface area contributed by atoms with Gasteiger partial charge in [-0.2, -0.15) is 9.78 Å². The second-order valence-electron chi connectivity index (χ2n) is 6.13. The molecule has 0 saturated carbocycles. The Balaban J connectivity index is 1.80. The zero-order valence-corrected chi connectivity index (χ0v) is 14.2. The van der Waals surface area contributed by atoms with Crippen molar-refractivity contribution in [3.05, 3.63) is 94.9 Å². The molecule has 4 aromatic rings. The Morgan fingerprint density at radius 2 is 1.62 bits per heavy atom. The Bertz CT molecular complexity index is 1160. The molecule has 0 N–H and O–H groups in total. The van der Waals surface area contributed by atoms with Gasteiger partial charge < -0.3 is 0 Å². The number of benzene rings is 3. The molecule has 0 saturated heterocycles. The summed E-state index contributed by atoms with van der Waals surface area (Å²) < 4.78 is 1.36. The van der Waals surface area contributed by atoms with Crippen LogP contribution in [0.2, 0.25) is 0 Å². The van der Waals surface area contributed by atoms with Crippen LogP contribution in [0.4, 0.5) is 0 Å². The number of carbonyl (C=O) groups excluding carboxylic acids is 1. The molecule has 1 aromatic heterocycles. The van der Waals surface area contributed by atoms with E-state index in [-0.39, 0.29) is 11.3 Å². The van der Waals surface area contributed by atoms with Crippen molar-refractivity contribution in [3.8, 4) is 16.8 Å². The van der Waals surface area contributed by atoms with Crippen molar-refractivity contribution in [2.75, 3.05) is 0 Å². The molecule has 1 heterocycles. The molecule has 4 heteroatoms. The van der Waals surface area contributed by atoms with Gasteiger partial charge in [-0.05, 0) is 54.4 Å². The van der Waals surface area contributed by atoms with Crippen LogP contribution in [0.1, 0.15) is 17.3 Å². The molecule has 0 unspecified atom stereocenters. The minimum absolute atomic E-state index is 0.0104. The summed E-state index contributed by atoms with van der Waals surface area (Å²) in [5.74, 6) is -0.0104. The van der Waals surface area contributed by atoms with E-state index in [1.165, 1.54) is 11.6 Å². The largest absolute Gasteiger partial charge is 0.295 e. The molecule has 3 aromatic carbocycles. The highest BCUT2D eigenvalue weighted by Crippen LogP contribution is 2.22. The molecular weight excluding hydrogens is 324 g/mol. The highest BCUT2D eigenvalue weighted by atomic mass is 16.1. The molecule has 0 amide bonds. The summed E-state index contributed by atoms with van der Waals surface area (Å²) in [7, 11) is 0. The summed E-state index contributed by atoms with van der Waals surface area (Å²) in [5, 5.41) is 5.71. The molecule has 26 heavy (non-hydrogen) atoms. The van der Waals surface area contributed by atoms with Gasteiger partial charge in [-0.3, -0.25) is 9.59 Å². The molecule has 0 bridgehead atoms. The minimum Gasteiger partial charge on any atom is -0.295 e. The first-order valence-corrected chi connectivity index (χ1v) is 8.32. The van der Waals surface area contributed by atoms with Crippen molar-refractivity contribution in [1.29, 1.82) is 0 Å². The molecule has 0 aliphatic heterocycles. The maximum atomic E-state index is 12.8. The van der Waals surface area contributed by atoms with Crippen LogP contribution in [-0.2, 0) is 0 Å². The Hall–Kier alpha value is -3.53. The van der Waals surface area contributed by atoms with Gasteiger partial charge in [0.15, 0.2) is 5.78 Å². The fourth-order valence-electron chi connectivity index (χ4n) is 2.98. The van der Waals surface area contributed by atoms with Crippen LogP contribution in [0, 0.1) is 0 Å². The second-order valence-corrected chi connectivity index (χ2v) is 6.13. The van der Waals surface area contributed by atoms with Crippen LogP contribution < -0.4 is 5.56 Å². The fraction of sp³-hybridized carbons (Fsp3) is 0.0455. The van der Waals surface area contributed by atoms with Crippen LogP contribution >= 0.6 is 0 Å². The molecule has 0 aliphatic rings. The standard InChI is InChI=1S/C22H16N2O2/c1-15(25)16-7-10-20(11-8-16)24-22(26)21-12-9-18(13-19(21)14-23-24)17-5-3-2-4-6-17/h2-14H,1H3. The Morgan fingerprint density at radius 3 is 2.31 bits per heavy atom. The first-order chi connectivity index (χ1) is 12.6. The van der Waals surface area contributed by atoms with Gasteiger partial charge in [0, 0.05) is 10.9 Å².